The van der Waals surface area contributed by atoms with Gasteiger partial charge in [0.1, 0.15) is 5.76 Å². The second-order valence-electron chi connectivity index (χ2n) is 3.06. The fourth-order valence-electron chi connectivity index (χ4n) is 1.15. The van der Waals surface area contributed by atoms with Crippen molar-refractivity contribution in [3.8, 4) is 0 Å². The molecule has 0 N–H and O–H groups in total. The van der Waals surface area contributed by atoms with Crippen molar-refractivity contribution >= 4 is 34.7 Å². The van der Waals surface area contributed by atoms with Crippen LogP contribution < -0.4 is 0 Å². The molecule has 12 heavy (non-hydrogen) atoms. The monoisotopic (exact) mass is 272 g/mol. The highest BCUT2D eigenvalue weighted by atomic mass is 127. The average Bonchev–Trinajstić information content (AvgIpc) is 2.40. The number of furan rings is 1. The standard InChI is InChI=1S/C10H9IO/c1-10(11)5-2-8-4-7-12-9(8)3-6-10/h2-7H,1H3. The molecular weight excluding hydrogens is 263 g/mol. The summed E-state index contributed by atoms with van der Waals surface area (Å²) >= 11 is 2.40. The Hall–Kier alpha value is -0.510. The van der Waals surface area contributed by atoms with Gasteiger partial charge in [0.2, 0.25) is 0 Å². The Labute approximate surface area is 85.3 Å². The summed E-state index contributed by atoms with van der Waals surface area (Å²) in [5.41, 5.74) is 1.16. The highest BCUT2D eigenvalue weighted by Crippen LogP contribution is 2.28. The van der Waals surface area contributed by atoms with Gasteiger partial charge in [0, 0.05) is 5.56 Å². The van der Waals surface area contributed by atoms with Gasteiger partial charge in [-0.3, -0.25) is 0 Å². The van der Waals surface area contributed by atoms with Crippen molar-refractivity contribution in [2.75, 3.05) is 0 Å². The zero-order valence-electron chi connectivity index (χ0n) is 6.75. The maximum atomic E-state index is 5.29. The first kappa shape index (κ1) is 8.10. The molecule has 1 heterocycles. The number of alkyl halides is 1. The van der Waals surface area contributed by atoms with E-state index in [4.69, 9.17) is 4.42 Å². The lowest BCUT2D eigenvalue weighted by Gasteiger charge is -2.09. The average molecular weight is 272 g/mol. The van der Waals surface area contributed by atoms with Crippen LogP contribution in [0.25, 0.3) is 12.2 Å². The van der Waals surface area contributed by atoms with Crippen LogP contribution in [0.3, 0.4) is 0 Å². The Bertz CT molecular complexity index is 314. The molecule has 0 amide bonds. The summed E-state index contributed by atoms with van der Waals surface area (Å²) in [5, 5.41) is 0. The molecular formula is C10H9IO. The van der Waals surface area contributed by atoms with Crippen LogP contribution >= 0.6 is 22.6 Å². The van der Waals surface area contributed by atoms with Gasteiger partial charge in [-0.2, -0.15) is 0 Å². The third-order valence-corrected chi connectivity index (χ3v) is 2.60. The number of halogens is 1. The zero-order valence-corrected chi connectivity index (χ0v) is 8.91. The van der Waals surface area contributed by atoms with E-state index in [-0.39, 0.29) is 3.42 Å². The molecule has 0 spiro atoms. The van der Waals surface area contributed by atoms with E-state index in [9.17, 15) is 0 Å². The molecule has 2 heteroatoms. The molecule has 1 aliphatic carbocycles. The molecule has 1 aliphatic rings. The van der Waals surface area contributed by atoms with Crippen molar-refractivity contribution in [2.45, 2.75) is 10.3 Å². The number of allylic oxidation sites excluding steroid dienone is 2. The van der Waals surface area contributed by atoms with Crippen LogP contribution in [0, 0.1) is 0 Å². The van der Waals surface area contributed by atoms with Crippen molar-refractivity contribution in [1.29, 1.82) is 0 Å². The number of hydrogen-bond donors (Lipinski definition) is 0. The molecule has 1 unspecified atom stereocenters. The first-order valence-electron chi connectivity index (χ1n) is 3.82. The smallest absolute Gasteiger partial charge is 0.133 e. The summed E-state index contributed by atoms with van der Waals surface area (Å²) in [4.78, 5) is 0. The van der Waals surface area contributed by atoms with E-state index in [1.165, 1.54) is 0 Å². The molecule has 0 saturated carbocycles. The number of hydrogen-bond acceptors (Lipinski definition) is 1. The normalized spacial score (nSPS) is 26.8. The van der Waals surface area contributed by atoms with E-state index in [2.05, 4.69) is 47.7 Å². The summed E-state index contributed by atoms with van der Waals surface area (Å²) in [7, 11) is 0. The maximum absolute atomic E-state index is 5.29. The third kappa shape index (κ3) is 1.48. The Kier molecular flexibility index (Phi) is 1.87. The molecule has 2 rings (SSSR count). The zero-order chi connectivity index (χ0) is 8.60. The predicted octanol–water partition coefficient (Wildman–Crippen LogP) is 3.51. The van der Waals surface area contributed by atoms with E-state index in [0.29, 0.717) is 0 Å². The summed E-state index contributed by atoms with van der Waals surface area (Å²) < 4.78 is 5.40. The number of rotatable bonds is 0. The van der Waals surface area contributed by atoms with Gasteiger partial charge in [0.05, 0.1) is 9.68 Å². The molecule has 0 aromatic carbocycles. The van der Waals surface area contributed by atoms with E-state index < -0.39 is 0 Å². The Morgan fingerprint density at radius 1 is 1.33 bits per heavy atom. The second kappa shape index (κ2) is 2.76. The van der Waals surface area contributed by atoms with Crippen molar-refractivity contribution in [3.05, 3.63) is 35.8 Å². The van der Waals surface area contributed by atoms with Gasteiger partial charge < -0.3 is 4.42 Å². The molecule has 1 aromatic rings. The van der Waals surface area contributed by atoms with Crippen LogP contribution in [0.5, 0.6) is 0 Å². The van der Waals surface area contributed by atoms with Crippen molar-refractivity contribution < 1.29 is 4.42 Å². The highest BCUT2D eigenvalue weighted by molar-refractivity contribution is 14.1. The van der Waals surface area contributed by atoms with E-state index in [1.54, 1.807) is 6.26 Å². The number of fused-ring (bicyclic) bond motifs is 1. The third-order valence-electron chi connectivity index (χ3n) is 1.88. The molecule has 0 bridgehead atoms. The Balaban J connectivity index is 2.49. The molecule has 0 radical (unpaired) electrons. The highest BCUT2D eigenvalue weighted by Gasteiger charge is 2.15. The minimum atomic E-state index is 0.110. The lowest BCUT2D eigenvalue weighted by atomic mass is 10.1. The fourth-order valence-corrected chi connectivity index (χ4v) is 1.51. The van der Waals surface area contributed by atoms with Crippen LogP contribution in [0.15, 0.2) is 28.9 Å². The predicted molar refractivity (Wildman–Crippen MR) is 59.2 cm³/mol. The van der Waals surface area contributed by atoms with E-state index in [0.717, 1.165) is 11.3 Å². The van der Waals surface area contributed by atoms with Crippen molar-refractivity contribution in [2.24, 2.45) is 0 Å². The van der Waals surface area contributed by atoms with E-state index in [1.807, 2.05) is 12.1 Å². The summed E-state index contributed by atoms with van der Waals surface area (Å²) in [6, 6.07) is 1.98. The quantitative estimate of drug-likeness (QED) is 0.520. The lowest BCUT2D eigenvalue weighted by Crippen LogP contribution is -2.04. The van der Waals surface area contributed by atoms with Gasteiger partial charge >= 0.3 is 0 Å². The largest absolute Gasteiger partial charge is 0.464 e. The molecule has 0 saturated heterocycles. The first-order valence-corrected chi connectivity index (χ1v) is 4.90. The SMILES string of the molecule is CC1(I)C=Cc2ccoc2C=C1. The van der Waals surface area contributed by atoms with Crippen LogP contribution in [0.2, 0.25) is 0 Å². The molecule has 1 nitrogen and oxygen atoms in total. The molecule has 62 valence electrons. The summed E-state index contributed by atoms with van der Waals surface area (Å²) in [6.45, 7) is 2.16. The van der Waals surface area contributed by atoms with Crippen molar-refractivity contribution in [1.82, 2.24) is 0 Å². The molecule has 0 aliphatic heterocycles. The Morgan fingerprint density at radius 3 is 2.92 bits per heavy atom. The van der Waals surface area contributed by atoms with Gasteiger partial charge in [-0.25, -0.2) is 0 Å². The van der Waals surface area contributed by atoms with Gasteiger partial charge in [0.25, 0.3) is 0 Å². The first-order chi connectivity index (χ1) is 5.67. The van der Waals surface area contributed by atoms with Gasteiger partial charge in [0.15, 0.2) is 0 Å². The molecule has 1 atom stereocenters. The van der Waals surface area contributed by atoms with Gasteiger partial charge in [-0.05, 0) is 19.1 Å². The molecule has 1 aromatic heterocycles. The lowest BCUT2D eigenvalue weighted by molar-refractivity contribution is 0.556. The summed E-state index contributed by atoms with van der Waals surface area (Å²) in [6.07, 6.45) is 10.2. The van der Waals surface area contributed by atoms with E-state index >= 15 is 0 Å². The second-order valence-corrected chi connectivity index (χ2v) is 5.38. The fraction of sp³-hybridized carbons (Fsp3) is 0.200. The Morgan fingerprint density at radius 2 is 2.08 bits per heavy atom. The van der Waals surface area contributed by atoms with Crippen LogP contribution in [-0.2, 0) is 0 Å². The maximum Gasteiger partial charge on any atom is 0.133 e. The summed E-state index contributed by atoms with van der Waals surface area (Å²) in [5.74, 6) is 0.951. The topological polar surface area (TPSA) is 13.1 Å². The minimum Gasteiger partial charge on any atom is -0.464 e. The van der Waals surface area contributed by atoms with Crippen molar-refractivity contribution in [3.63, 3.8) is 0 Å². The molecule has 0 fully saturated rings. The van der Waals surface area contributed by atoms with Crippen LogP contribution in [0.1, 0.15) is 18.2 Å². The van der Waals surface area contributed by atoms with Gasteiger partial charge in [-0.1, -0.05) is 40.8 Å². The minimum absolute atomic E-state index is 0.110. The van der Waals surface area contributed by atoms with Crippen LogP contribution in [0.4, 0.5) is 0 Å². The van der Waals surface area contributed by atoms with Gasteiger partial charge in [-0.15, -0.1) is 0 Å². The van der Waals surface area contributed by atoms with Crippen LogP contribution in [-0.4, -0.2) is 3.42 Å².